The third-order valence-corrected chi connectivity index (χ3v) is 5.97. The minimum absolute atomic E-state index is 0.0947. The molecule has 2 aromatic heterocycles. The van der Waals surface area contributed by atoms with Gasteiger partial charge in [0.15, 0.2) is 0 Å². The van der Waals surface area contributed by atoms with E-state index in [-0.39, 0.29) is 11.9 Å². The molecule has 2 N–H and O–H groups in total. The van der Waals surface area contributed by atoms with Gasteiger partial charge in [0, 0.05) is 24.8 Å². The molecule has 19 heavy (non-hydrogen) atoms. The topological polar surface area (TPSA) is 26.0 Å². The first-order chi connectivity index (χ1) is 9.13. The molecule has 0 saturated carbocycles. The van der Waals surface area contributed by atoms with Crippen LogP contribution in [-0.2, 0) is 6.42 Å². The van der Waals surface area contributed by atoms with E-state index in [2.05, 4.69) is 33.4 Å². The van der Waals surface area contributed by atoms with Crippen LogP contribution in [0.4, 0.5) is 4.39 Å². The van der Waals surface area contributed by atoms with Crippen molar-refractivity contribution in [3.8, 4) is 0 Å². The number of fused-ring (bicyclic) bond motifs is 1. The van der Waals surface area contributed by atoms with Crippen LogP contribution in [0, 0.1) is 5.82 Å². The van der Waals surface area contributed by atoms with Crippen LogP contribution in [0.15, 0.2) is 40.2 Å². The van der Waals surface area contributed by atoms with E-state index in [9.17, 15) is 4.39 Å². The lowest BCUT2D eigenvalue weighted by atomic mass is 10.1. The summed E-state index contributed by atoms with van der Waals surface area (Å²) in [4.78, 5) is 1.15. The van der Waals surface area contributed by atoms with E-state index in [1.165, 1.54) is 15.5 Å². The number of halogens is 2. The van der Waals surface area contributed by atoms with E-state index in [0.29, 0.717) is 6.42 Å². The number of benzene rings is 1. The van der Waals surface area contributed by atoms with Crippen LogP contribution in [0.25, 0.3) is 9.40 Å². The highest BCUT2D eigenvalue weighted by molar-refractivity contribution is 9.10. The lowest BCUT2D eigenvalue weighted by Gasteiger charge is -2.11. The molecule has 2 heterocycles. The van der Waals surface area contributed by atoms with Gasteiger partial charge in [0.25, 0.3) is 0 Å². The van der Waals surface area contributed by atoms with Crippen molar-refractivity contribution in [2.45, 2.75) is 12.5 Å². The maximum absolute atomic E-state index is 13.3. The molecule has 1 unspecified atom stereocenters. The van der Waals surface area contributed by atoms with Gasteiger partial charge in [0.2, 0.25) is 0 Å². The second kappa shape index (κ2) is 5.32. The zero-order valence-electron chi connectivity index (χ0n) is 9.90. The molecule has 3 rings (SSSR count). The maximum atomic E-state index is 13.3. The van der Waals surface area contributed by atoms with Gasteiger partial charge in [-0.1, -0.05) is 15.9 Å². The normalized spacial score (nSPS) is 13.0. The van der Waals surface area contributed by atoms with E-state index >= 15 is 0 Å². The third-order valence-electron chi connectivity index (χ3n) is 2.97. The standard InChI is InChI=1S/C14H11BrFNS2/c15-10-2-1-9(16)5-8(10)6-11(17)13-7-14-12(19-13)3-4-18-14/h1-5,7,11H,6,17H2. The molecule has 0 fully saturated rings. The summed E-state index contributed by atoms with van der Waals surface area (Å²) in [5.74, 6) is -0.224. The molecule has 0 aliphatic rings. The van der Waals surface area contributed by atoms with Gasteiger partial charge in [-0.3, -0.25) is 0 Å². The van der Waals surface area contributed by atoms with Crippen LogP contribution in [0.2, 0.25) is 0 Å². The number of thiophene rings is 2. The molecule has 98 valence electrons. The summed E-state index contributed by atoms with van der Waals surface area (Å²) >= 11 is 6.88. The first-order valence-corrected chi connectivity index (χ1v) is 8.29. The SMILES string of the molecule is NC(Cc1cc(F)ccc1Br)c1cc2sccc2s1. The molecule has 0 aliphatic carbocycles. The molecule has 3 aromatic rings. The first kappa shape index (κ1) is 13.2. The number of hydrogen-bond acceptors (Lipinski definition) is 3. The Balaban J connectivity index is 1.86. The summed E-state index contributed by atoms with van der Waals surface area (Å²) in [6.45, 7) is 0. The van der Waals surface area contributed by atoms with Gasteiger partial charge >= 0.3 is 0 Å². The van der Waals surface area contributed by atoms with Crippen LogP contribution in [-0.4, -0.2) is 0 Å². The molecule has 0 aliphatic heterocycles. The van der Waals surface area contributed by atoms with Crippen LogP contribution in [0.5, 0.6) is 0 Å². The lowest BCUT2D eigenvalue weighted by molar-refractivity contribution is 0.622. The van der Waals surface area contributed by atoms with Crippen LogP contribution in [0.1, 0.15) is 16.5 Å². The smallest absolute Gasteiger partial charge is 0.123 e. The summed E-state index contributed by atoms with van der Waals surface area (Å²) in [6.07, 6.45) is 0.631. The highest BCUT2D eigenvalue weighted by Gasteiger charge is 2.13. The average molecular weight is 356 g/mol. The Bertz CT molecular complexity index is 691. The van der Waals surface area contributed by atoms with Gasteiger partial charge in [0.05, 0.1) is 0 Å². The van der Waals surface area contributed by atoms with Crippen molar-refractivity contribution < 1.29 is 4.39 Å². The van der Waals surface area contributed by atoms with E-state index in [1.807, 2.05) is 0 Å². The van der Waals surface area contributed by atoms with Gasteiger partial charge in [0.1, 0.15) is 5.82 Å². The van der Waals surface area contributed by atoms with Crippen LogP contribution >= 0.6 is 38.6 Å². The Morgan fingerprint density at radius 3 is 2.84 bits per heavy atom. The van der Waals surface area contributed by atoms with E-state index in [0.717, 1.165) is 14.9 Å². The predicted molar refractivity (Wildman–Crippen MR) is 84.4 cm³/mol. The Morgan fingerprint density at radius 1 is 1.21 bits per heavy atom. The molecule has 0 bridgehead atoms. The third kappa shape index (κ3) is 2.74. The van der Waals surface area contributed by atoms with Crippen molar-refractivity contribution in [2.24, 2.45) is 5.73 Å². The highest BCUT2D eigenvalue weighted by atomic mass is 79.9. The van der Waals surface area contributed by atoms with Crippen molar-refractivity contribution in [2.75, 3.05) is 0 Å². The minimum atomic E-state index is -0.224. The predicted octanol–water partition coefficient (Wildman–Crippen LogP) is 5.11. The fourth-order valence-electron chi connectivity index (χ4n) is 2.00. The van der Waals surface area contributed by atoms with Crippen LogP contribution < -0.4 is 5.73 Å². The maximum Gasteiger partial charge on any atom is 0.123 e. The Labute approximate surface area is 127 Å². The molecular formula is C14H11BrFNS2. The summed E-state index contributed by atoms with van der Waals surface area (Å²) in [5, 5.41) is 2.08. The van der Waals surface area contributed by atoms with Crippen molar-refractivity contribution >= 4 is 48.0 Å². The molecule has 0 saturated heterocycles. The Kier molecular flexibility index (Phi) is 3.71. The van der Waals surface area contributed by atoms with Gasteiger partial charge in [-0.15, -0.1) is 22.7 Å². The van der Waals surface area contributed by atoms with Crippen molar-refractivity contribution in [3.05, 3.63) is 56.4 Å². The molecule has 5 heteroatoms. The van der Waals surface area contributed by atoms with E-state index in [4.69, 9.17) is 5.73 Å². The summed E-state index contributed by atoms with van der Waals surface area (Å²) < 4.78 is 16.7. The van der Waals surface area contributed by atoms with E-state index < -0.39 is 0 Å². The number of nitrogens with two attached hydrogens (primary N) is 1. The summed E-state index contributed by atoms with van der Waals surface area (Å²) in [7, 11) is 0. The highest BCUT2D eigenvalue weighted by Crippen LogP contribution is 2.34. The zero-order chi connectivity index (χ0) is 13.4. The lowest BCUT2D eigenvalue weighted by Crippen LogP contribution is -2.12. The second-order valence-corrected chi connectivity index (χ2v) is 7.26. The fourth-order valence-corrected chi connectivity index (χ4v) is 4.53. The quantitative estimate of drug-likeness (QED) is 0.694. The Hall–Kier alpha value is -0.750. The van der Waals surface area contributed by atoms with Crippen molar-refractivity contribution in [3.63, 3.8) is 0 Å². The molecule has 1 nitrogen and oxygen atoms in total. The zero-order valence-corrected chi connectivity index (χ0v) is 13.1. The number of hydrogen-bond donors (Lipinski definition) is 1. The molecule has 1 aromatic carbocycles. The Morgan fingerprint density at radius 2 is 2.05 bits per heavy atom. The average Bonchev–Trinajstić information content (AvgIpc) is 2.94. The van der Waals surface area contributed by atoms with Gasteiger partial charge in [-0.05, 0) is 47.7 Å². The van der Waals surface area contributed by atoms with Crippen LogP contribution in [0.3, 0.4) is 0 Å². The van der Waals surface area contributed by atoms with Gasteiger partial charge in [-0.2, -0.15) is 0 Å². The second-order valence-electron chi connectivity index (χ2n) is 4.34. The van der Waals surface area contributed by atoms with E-state index in [1.54, 1.807) is 34.8 Å². The van der Waals surface area contributed by atoms with Gasteiger partial charge < -0.3 is 5.73 Å². The molecule has 0 radical (unpaired) electrons. The summed E-state index contributed by atoms with van der Waals surface area (Å²) in [5.41, 5.74) is 7.15. The van der Waals surface area contributed by atoms with Gasteiger partial charge in [-0.25, -0.2) is 4.39 Å². The first-order valence-electron chi connectivity index (χ1n) is 5.80. The largest absolute Gasteiger partial charge is 0.323 e. The molecule has 1 atom stereocenters. The fraction of sp³-hybridized carbons (Fsp3) is 0.143. The molecule has 0 amide bonds. The monoisotopic (exact) mass is 355 g/mol. The summed E-state index contributed by atoms with van der Waals surface area (Å²) in [6, 6.07) is 8.87. The molecule has 0 spiro atoms. The number of rotatable bonds is 3. The van der Waals surface area contributed by atoms with Crippen molar-refractivity contribution in [1.82, 2.24) is 0 Å². The minimum Gasteiger partial charge on any atom is -0.323 e. The molecular weight excluding hydrogens is 345 g/mol. The van der Waals surface area contributed by atoms with Crippen molar-refractivity contribution in [1.29, 1.82) is 0 Å².